The lowest BCUT2D eigenvalue weighted by Gasteiger charge is -2.04. The maximum atomic E-state index is 4.45. The second kappa shape index (κ2) is 7.61. The van der Waals surface area contributed by atoms with Crippen LogP contribution in [0, 0.1) is 0 Å². The Bertz CT molecular complexity index is 1020. The van der Waals surface area contributed by atoms with E-state index in [4.69, 9.17) is 0 Å². The maximum absolute atomic E-state index is 4.45. The van der Waals surface area contributed by atoms with Gasteiger partial charge in [-0.1, -0.05) is 36.4 Å². The van der Waals surface area contributed by atoms with Crippen molar-refractivity contribution in [3.05, 3.63) is 91.3 Å². The minimum Gasteiger partial charge on any atom is -0.334 e. The number of aliphatic imine (C=N–C) groups is 1. The highest BCUT2D eigenvalue weighted by Crippen LogP contribution is 2.17. The van der Waals surface area contributed by atoms with Gasteiger partial charge in [0, 0.05) is 30.8 Å². The van der Waals surface area contributed by atoms with Gasteiger partial charge in [0.05, 0.1) is 23.9 Å². The summed E-state index contributed by atoms with van der Waals surface area (Å²) in [5.74, 6) is 0. The molecule has 0 bridgehead atoms. The van der Waals surface area contributed by atoms with Crippen LogP contribution >= 0.6 is 0 Å². The highest BCUT2D eigenvalue weighted by atomic mass is 15.0. The molecule has 0 unspecified atom stereocenters. The van der Waals surface area contributed by atoms with Gasteiger partial charge in [-0.15, -0.1) is 0 Å². The van der Waals surface area contributed by atoms with Crippen molar-refractivity contribution in [1.29, 1.82) is 0 Å². The smallest absolute Gasteiger partial charge is 0.100 e. The first-order valence-electron chi connectivity index (χ1n) is 8.53. The Hall–Kier alpha value is -3.47. The fourth-order valence-electron chi connectivity index (χ4n) is 2.77. The summed E-state index contributed by atoms with van der Waals surface area (Å²) in [6.07, 6.45) is 13.4. The summed E-state index contributed by atoms with van der Waals surface area (Å²) in [5, 5.41) is 0. The van der Waals surface area contributed by atoms with Crippen molar-refractivity contribution >= 4 is 17.2 Å². The summed E-state index contributed by atoms with van der Waals surface area (Å²) in [4.78, 5) is 12.9. The Morgan fingerprint density at radius 2 is 1.85 bits per heavy atom. The van der Waals surface area contributed by atoms with Crippen LogP contribution in [0.3, 0.4) is 0 Å². The fourth-order valence-corrected chi connectivity index (χ4v) is 2.77. The van der Waals surface area contributed by atoms with E-state index in [1.807, 2.05) is 41.5 Å². The summed E-state index contributed by atoms with van der Waals surface area (Å²) >= 11 is 0. The molecule has 0 aliphatic heterocycles. The van der Waals surface area contributed by atoms with Crippen LogP contribution in [0.15, 0.2) is 90.7 Å². The SMILES string of the molecule is C(=C/Cn1ccnc1)/C/N=C/c1ccc(-n2cnc3ccccc32)cc1. The molecule has 4 aromatic rings. The van der Waals surface area contributed by atoms with E-state index in [1.54, 1.807) is 12.5 Å². The van der Waals surface area contributed by atoms with E-state index in [9.17, 15) is 0 Å². The molecule has 0 saturated heterocycles. The molecule has 0 spiro atoms. The molecule has 128 valence electrons. The molecule has 0 N–H and O–H groups in total. The third-order valence-electron chi connectivity index (χ3n) is 4.12. The number of allylic oxidation sites excluding steroid dienone is 1. The van der Waals surface area contributed by atoms with E-state index in [2.05, 4.69) is 62.0 Å². The van der Waals surface area contributed by atoms with E-state index >= 15 is 0 Å². The van der Waals surface area contributed by atoms with E-state index in [1.165, 1.54) is 0 Å². The van der Waals surface area contributed by atoms with Crippen LogP contribution in [-0.4, -0.2) is 31.9 Å². The van der Waals surface area contributed by atoms with Crippen molar-refractivity contribution < 1.29 is 0 Å². The second-order valence-electron chi connectivity index (χ2n) is 5.92. The summed E-state index contributed by atoms with van der Waals surface area (Å²) in [7, 11) is 0. The molecule has 0 saturated carbocycles. The standard InChI is InChI=1S/C21H19N5/c1-2-6-21-20(5-1)24-17-26(21)19-9-7-18(8-10-19)15-22-11-3-4-13-25-14-12-23-16-25/h1-10,12,14-17H,11,13H2/b4-3-,22-15+. The highest BCUT2D eigenvalue weighted by molar-refractivity contribution is 5.81. The van der Waals surface area contributed by atoms with Crippen LogP contribution in [0.5, 0.6) is 0 Å². The number of fused-ring (bicyclic) bond motifs is 1. The third kappa shape index (κ3) is 3.62. The van der Waals surface area contributed by atoms with Crippen molar-refractivity contribution in [3.8, 4) is 5.69 Å². The number of aromatic nitrogens is 4. The number of hydrogen-bond acceptors (Lipinski definition) is 3. The van der Waals surface area contributed by atoms with Crippen LogP contribution in [-0.2, 0) is 6.54 Å². The Morgan fingerprint density at radius 1 is 0.962 bits per heavy atom. The monoisotopic (exact) mass is 341 g/mol. The van der Waals surface area contributed by atoms with E-state index in [0.717, 1.165) is 28.8 Å². The zero-order chi connectivity index (χ0) is 17.6. The van der Waals surface area contributed by atoms with Gasteiger partial charge in [0.1, 0.15) is 6.33 Å². The van der Waals surface area contributed by atoms with Crippen molar-refractivity contribution in [2.75, 3.05) is 6.54 Å². The molecule has 0 amide bonds. The molecule has 0 aliphatic carbocycles. The average Bonchev–Trinajstić information content (AvgIpc) is 3.35. The van der Waals surface area contributed by atoms with Crippen molar-refractivity contribution in [1.82, 2.24) is 19.1 Å². The van der Waals surface area contributed by atoms with E-state index in [0.29, 0.717) is 6.54 Å². The highest BCUT2D eigenvalue weighted by Gasteiger charge is 2.03. The quantitative estimate of drug-likeness (QED) is 0.394. The van der Waals surface area contributed by atoms with E-state index in [-0.39, 0.29) is 0 Å². The molecule has 5 nitrogen and oxygen atoms in total. The Balaban J connectivity index is 1.37. The summed E-state index contributed by atoms with van der Waals surface area (Å²) in [5.41, 5.74) is 4.29. The first kappa shape index (κ1) is 16.0. The van der Waals surface area contributed by atoms with Crippen molar-refractivity contribution in [2.24, 2.45) is 4.99 Å². The molecule has 0 aliphatic rings. The van der Waals surface area contributed by atoms with E-state index < -0.39 is 0 Å². The van der Waals surface area contributed by atoms with Crippen LogP contribution in [0.2, 0.25) is 0 Å². The van der Waals surface area contributed by atoms with Gasteiger partial charge in [0.25, 0.3) is 0 Å². The topological polar surface area (TPSA) is 48.0 Å². The number of benzene rings is 2. The number of imidazole rings is 2. The van der Waals surface area contributed by atoms with Crippen molar-refractivity contribution in [3.63, 3.8) is 0 Å². The molecule has 2 aromatic heterocycles. The third-order valence-corrected chi connectivity index (χ3v) is 4.12. The average molecular weight is 341 g/mol. The van der Waals surface area contributed by atoms with Gasteiger partial charge in [0.2, 0.25) is 0 Å². The molecule has 0 atom stereocenters. The summed E-state index contributed by atoms with van der Waals surface area (Å²) in [6, 6.07) is 16.5. The van der Waals surface area contributed by atoms with Crippen LogP contribution in [0.1, 0.15) is 5.56 Å². The molecule has 2 aromatic carbocycles. The molecular weight excluding hydrogens is 322 g/mol. The van der Waals surface area contributed by atoms with Gasteiger partial charge in [0.15, 0.2) is 0 Å². The lowest BCUT2D eigenvalue weighted by Crippen LogP contribution is -1.92. The lowest BCUT2D eigenvalue weighted by molar-refractivity contribution is 0.818. The van der Waals surface area contributed by atoms with Gasteiger partial charge in [-0.05, 0) is 29.8 Å². The fraction of sp³-hybridized carbons (Fsp3) is 0.0952. The zero-order valence-corrected chi connectivity index (χ0v) is 14.3. The van der Waals surface area contributed by atoms with Gasteiger partial charge in [-0.3, -0.25) is 9.56 Å². The maximum Gasteiger partial charge on any atom is 0.100 e. The number of hydrogen-bond donors (Lipinski definition) is 0. The molecule has 2 heterocycles. The van der Waals surface area contributed by atoms with Gasteiger partial charge >= 0.3 is 0 Å². The van der Waals surface area contributed by atoms with Gasteiger partial charge < -0.3 is 4.57 Å². The van der Waals surface area contributed by atoms with Gasteiger partial charge in [-0.25, -0.2) is 9.97 Å². The predicted octanol–water partition coefficient (Wildman–Crippen LogP) is 3.90. The number of rotatable bonds is 6. The minimum atomic E-state index is 0.669. The molecular formula is C21H19N5. The number of para-hydroxylation sites is 2. The van der Waals surface area contributed by atoms with Crippen LogP contribution < -0.4 is 0 Å². The lowest BCUT2D eigenvalue weighted by atomic mass is 10.2. The first-order chi connectivity index (χ1) is 12.9. The Labute approximate surface area is 152 Å². The molecule has 4 rings (SSSR count). The molecule has 5 heteroatoms. The summed E-state index contributed by atoms with van der Waals surface area (Å²) in [6.45, 7) is 1.49. The van der Waals surface area contributed by atoms with Gasteiger partial charge in [-0.2, -0.15) is 0 Å². The van der Waals surface area contributed by atoms with Crippen LogP contribution in [0.4, 0.5) is 0 Å². The second-order valence-corrected chi connectivity index (χ2v) is 5.92. The first-order valence-corrected chi connectivity index (χ1v) is 8.53. The predicted molar refractivity (Wildman–Crippen MR) is 105 cm³/mol. The Morgan fingerprint density at radius 3 is 2.69 bits per heavy atom. The Kier molecular flexibility index (Phi) is 4.69. The zero-order valence-electron chi connectivity index (χ0n) is 14.3. The molecule has 0 radical (unpaired) electrons. The molecule has 26 heavy (non-hydrogen) atoms. The largest absolute Gasteiger partial charge is 0.334 e. The van der Waals surface area contributed by atoms with Crippen LogP contribution in [0.25, 0.3) is 16.7 Å². The normalized spacial score (nSPS) is 11.8. The molecule has 0 fully saturated rings. The number of nitrogens with zero attached hydrogens (tertiary/aromatic N) is 5. The minimum absolute atomic E-state index is 0.669. The summed E-state index contributed by atoms with van der Waals surface area (Å²) < 4.78 is 4.11. The van der Waals surface area contributed by atoms with Crippen molar-refractivity contribution in [2.45, 2.75) is 6.54 Å².